The van der Waals surface area contributed by atoms with E-state index in [1.54, 1.807) is 42.5 Å². The van der Waals surface area contributed by atoms with E-state index >= 15 is 0 Å². The van der Waals surface area contributed by atoms with Gasteiger partial charge in [-0.1, -0.05) is 83.6 Å². The van der Waals surface area contributed by atoms with Crippen LogP contribution in [0.2, 0.25) is 0 Å². The summed E-state index contributed by atoms with van der Waals surface area (Å²) in [5, 5.41) is 2.87. The Balaban J connectivity index is 0.00000361. The molecule has 0 radical (unpaired) electrons. The first-order chi connectivity index (χ1) is 16.9. The largest absolute Gasteiger partial charge is 0.322 e. The number of carbonyl (C=O) groups is 2. The number of hydrogen-bond acceptors (Lipinski definition) is 4. The van der Waals surface area contributed by atoms with Gasteiger partial charge in [-0.3, -0.25) is 18.7 Å². The number of rotatable bonds is 8. The van der Waals surface area contributed by atoms with Crippen LogP contribution in [0.15, 0.2) is 114 Å². The SMILES string of the molecule is O=C(NS(O)(O)c1ccccc1)c1ccc(CCc2ccccc2)c(C(=O)Nc2ccccc2)c1.[HH]. The summed E-state index contributed by atoms with van der Waals surface area (Å²) >= 11 is 0. The molecule has 4 N–H and O–H groups in total. The van der Waals surface area contributed by atoms with Crippen LogP contribution in [0.5, 0.6) is 0 Å². The molecule has 2 amide bonds. The number of aryl methyl sites for hydroxylation is 2. The van der Waals surface area contributed by atoms with E-state index in [4.69, 9.17) is 0 Å². The number of para-hydroxylation sites is 1. The molecule has 35 heavy (non-hydrogen) atoms. The second kappa shape index (κ2) is 11.0. The van der Waals surface area contributed by atoms with Crippen LogP contribution < -0.4 is 10.0 Å². The average Bonchev–Trinajstić information content (AvgIpc) is 2.89. The van der Waals surface area contributed by atoms with Crippen molar-refractivity contribution in [2.24, 2.45) is 0 Å². The van der Waals surface area contributed by atoms with Gasteiger partial charge in [0.15, 0.2) is 0 Å². The van der Waals surface area contributed by atoms with E-state index < -0.39 is 16.7 Å². The molecule has 0 aliphatic carbocycles. The molecule has 0 saturated carbocycles. The lowest BCUT2D eigenvalue weighted by atomic mass is 9.97. The van der Waals surface area contributed by atoms with Crippen LogP contribution in [0.4, 0.5) is 5.69 Å². The first kappa shape index (κ1) is 24.2. The zero-order valence-corrected chi connectivity index (χ0v) is 19.7. The molecule has 0 atom stereocenters. The topological polar surface area (TPSA) is 98.7 Å². The van der Waals surface area contributed by atoms with Crippen LogP contribution in [-0.4, -0.2) is 20.9 Å². The Bertz CT molecular complexity index is 1300. The molecule has 0 aromatic heterocycles. The van der Waals surface area contributed by atoms with Gasteiger partial charge in [0.25, 0.3) is 11.8 Å². The highest BCUT2D eigenvalue weighted by atomic mass is 32.3. The molecule has 4 rings (SSSR count). The number of carbonyl (C=O) groups excluding carboxylic acids is 2. The van der Waals surface area contributed by atoms with Gasteiger partial charge in [-0.15, -0.1) is 0 Å². The monoisotopic (exact) mass is 488 g/mol. The maximum absolute atomic E-state index is 13.2. The highest BCUT2D eigenvalue weighted by molar-refractivity contribution is 8.23. The predicted octanol–water partition coefficient (Wildman–Crippen LogP) is 6.42. The zero-order valence-electron chi connectivity index (χ0n) is 18.9. The first-order valence-electron chi connectivity index (χ1n) is 11.1. The van der Waals surface area contributed by atoms with Gasteiger partial charge < -0.3 is 5.32 Å². The van der Waals surface area contributed by atoms with Crippen LogP contribution in [0.25, 0.3) is 0 Å². The molecule has 6 nitrogen and oxygen atoms in total. The fraction of sp³-hybridized carbons (Fsp3) is 0.0714. The van der Waals surface area contributed by atoms with Crippen molar-refractivity contribution < 1.29 is 20.1 Å². The third-order valence-corrected chi connectivity index (χ3v) is 6.88. The Kier molecular flexibility index (Phi) is 7.62. The fourth-order valence-corrected chi connectivity index (χ4v) is 4.68. The average molecular weight is 489 g/mol. The molecular formula is C28H28N2O4S. The second-order valence-corrected chi connectivity index (χ2v) is 9.74. The Hall–Kier alpha value is -3.91. The molecule has 4 aromatic carbocycles. The summed E-state index contributed by atoms with van der Waals surface area (Å²) in [6.45, 7) is 0. The number of benzene rings is 4. The van der Waals surface area contributed by atoms with Gasteiger partial charge in [0.1, 0.15) is 0 Å². The van der Waals surface area contributed by atoms with E-state index in [0.29, 0.717) is 17.7 Å². The summed E-state index contributed by atoms with van der Waals surface area (Å²) < 4.78 is 23.3. The molecule has 0 aliphatic heterocycles. The van der Waals surface area contributed by atoms with Crippen LogP contribution in [-0.2, 0) is 12.8 Å². The fourth-order valence-electron chi connectivity index (χ4n) is 3.65. The predicted molar refractivity (Wildman–Crippen MR) is 142 cm³/mol. The van der Waals surface area contributed by atoms with Crippen molar-refractivity contribution in [1.29, 1.82) is 0 Å². The third-order valence-electron chi connectivity index (χ3n) is 5.48. The Labute approximate surface area is 207 Å². The summed E-state index contributed by atoms with van der Waals surface area (Å²) in [4.78, 5) is 26.3. The molecular weight excluding hydrogens is 460 g/mol. The smallest absolute Gasteiger partial charge is 0.269 e. The maximum Gasteiger partial charge on any atom is 0.269 e. The summed E-state index contributed by atoms with van der Waals surface area (Å²) in [7, 11) is -3.55. The highest BCUT2D eigenvalue weighted by Gasteiger charge is 2.21. The number of nitrogens with one attached hydrogen (secondary N) is 2. The Morgan fingerprint density at radius 1 is 0.714 bits per heavy atom. The molecule has 4 aromatic rings. The lowest BCUT2D eigenvalue weighted by Gasteiger charge is -2.32. The first-order valence-corrected chi connectivity index (χ1v) is 12.7. The summed E-state index contributed by atoms with van der Waals surface area (Å²) in [5.74, 6) is -1.03. The van der Waals surface area contributed by atoms with Crippen LogP contribution >= 0.6 is 10.8 Å². The van der Waals surface area contributed by atoms with Gasteiger partial charge in [0.05, 0.1) is 4.90 Å². The van der Waals surface area contributed by atoms with E-state index in [2.05, 4.69) is 10.0 Å². The van der Waals surface area contributed by atoms with Crippen LogP contribution in [0.1, 0.15) is 33.3 Å². The van der Waals surface area contributed by atoms with Crippen LogP contribution in [0, 0.1) is 0 Å². The van der Waals surface area contributed by atoms with Gasteiger partial charge in [0.2, 0.25) is 0 Å². The van der Waals surface area contributed by atoms with E-state index in [9.17, 15) is 18.7 Å². The van der Waals surface area contributed by atoms with Gasteiger partial charge in [-0.2, -0.15) is 0 Å². The molecule has 0 heterocycles. The molecule has 0 unspecified atom stereocenters. The summed E-state index contributed by atoms with van der Waals surface area (Å²) in [6.07, 6.45) is 1.33. The van der Waals surface area contributed by atoms with Crippen molar-refractivity contribution in [3.05, 3.63) is 131 Å². The Morgan fingerprint density at radius 2 is 1.31 bits per heavy atom. The van der Waals surface area contributed by atoms with Gasteiger partial charge in [-0.05, 0) is 60.4 Å². The van der Waals surface area contributed by atoms with Gasteiger partial charge in [-0.25, -0.2) is 4.72 Å². The minimum Gasteiger partial charge on any atom is -0.322 e. The molecule has 0 bridgehead atoms. The maximum atomic E-state index is 13.2. The number of anilines is 1. The van der Waals surface area contributed by atoms with Gasteiger partial charge >= 0.3 is 0 Å². The Morgan fingerprint density at radius 3 is 1.97 bits per heavy atom. The van der Waals surface area contributed by atoms with Crippen molar-refractivity contribution in [2.45, 2.75) is 17.7 Å². The van der Waals surface area contributed by atoms with Crippen molar-refractivity contribution in [3.8, 4) is 0 Å². The highest BCUT2D eigenvalue weighted by Crippen LogP contribution is 2.43. The van der Waals surface area contributed by atoms with Crippen molar-refractivity contribution in [3.63, 3.8) is 0 Å². The van der Waals surface area contributed by atoms with Crippen molar-refractivity contribution in [2.75, 3.05) is 5.32 Å². The third kappa shape index (κ3) is 6.36. The molecule has 7 heteroatoms. The van der Waals surface area contributed by atoms with Crippen molar-refractivity contribution >= 4 is 28.3 Å². The van der Waals surface area contributed by atoms with E-state index in [0.717, 1.165) is 17.5 Å². The molecule has 0 spiro atoms. The normalized spacial score (nSPS) is 11.5. The van der Waals surface area contributed by atoms with Gasteiger partial charge in [0, 0.05) is 18.2 Å². The number of amides is 2. The lowest BCUT2D eigenvalue weighted by molar-refractivity contribution is 0.0978. The number of hydrogen-bond donors (Lipinski definition) is 4. The van der Waals surface area contributed by atoms with E-state index in [1.807, 2.05) is 48.5 Å². The minimum atomic E-state index is -3.55. The summed E-state index contributed by atoms with van der Waals surface area (Å²) in [6, 6.07) is 32.0. The molecule has 0 fully saturated rings. The van der Waals surface area contributed by atoms with E-state index in [-0.39, 0.29) is 17.8 Å². The van der Waals surface area contributed by atoms with Crippen LogP contribution in [0.3, 0.4) is 0 Å². The summed E-state index contributed by atoms with van der Waals surface area (Å²) in [5.41, 5.74) is 3.07. The standard InChI is InChI=1S/C28H26N2O4S.H2/c31-27(30-35(33,34)25-14-8-3-9-15-25)23-19-18-22(17-16-21-10-4-1-5-11-21)26(20-23)28(32)29-24-12-6-2-7-13-24;/h1-15,18-20,33-34H,16-17H2,(H,29,32)(H,30,31);1H. The zero-order chi connectivity index (χ0) is 24.7. The van der Waals surface area contributed by atoms with E-state index in [1.165, 1.54) is 18.2 Å². The minimum absolute atomic E-state index is 0. The molecule has 180 valence electrons. The quantitative estimate of drug-likeness (QED) is 0.230. The second-order valence-electron chi connectivity index (χ2n) is 7.97. The molecule has 0 saturated heterocycles. The van der Waals surface area contributed by atoms with Crippen molar-refractivity contribution in [1.82, 2.24) is 4.72 Å². The lowest BCUT2D eigenvalue weighted by Crippen LogP contribution is -2.28. The molecule has 0 aliphatic rings.